The Kier molecular flexibility index (Phi) is 8.28. The number of nitrogens with zero attached hydrogens (tertiary/aromatic N) is 1. The lowest BCUT2D eigenvalue weighted by Crippen LogP contribution is -2.33. The van der Waals surface area contributed by atoms with Crippen molar-refractivity contribution in [3.05, 3.63) is 52.6 Å². The third-order valence-corrected chi connectivity index (χ3v) is 5.18. The number of rotatable bonds is 3. The van der Waals surface area contributed by atoms with Crippen molar-refractivity contribution < 1.29 is 13.6 Å². The van der Waals surface area contributed by atoms with Gasteiger partial charge in [-0.2, -0.15) is 0 Å². The van der Waals surface area contributed by atoms with Gasteiger partial charge in [-0.25, -0.2) is 13.8 Å². The van der Waals surface area contributed by atoms with Crippen LogP contribution in [0.25, 0.3) is 0 Å². The summed E-state index contributed by atoms with van der Waals surface area (Å²) >= 11 is 12.1. The van der Waals surface area contributed by atoms with E-state index in [2.05, 4.69) is 10.3 Å². The molecule has 146 valence electrons. The van der Waals surface area contributed by atoms with Gasteiger partial charge in [-0.05, 0) is 49.1 Å². The second-order valence-corrected chi connectivity index (χ2v) is 7.52. The summed E-state index contributed by atoms with van der Waals surface area (Å²) in [5.41, 5.74) is 0.529. The number of alkyl halides is 2. The molecular formula is C18H19Cl2F2N3OS. The monoisotopic (exact) mass is 433 g/mol. The molecule has 1 aromatic heterocycles. The van der Waals surface area contributed by atoms with Crippen LogP contribution >= 0.6 is 35.1 Å². The number of carbonyl (C=O) groups excluding carboxylic acids is 1. The average Bonchev–Trinajstić information content (AvgIpc) is 2.64. The van der Waals surface area contributed by atoms with Gasteiger partial charge in [0.15, 0.2) is 0 Å². The number of hydrogen-bond acceptors (Lipinski definition) is 4. The van der Waals surface area contributed by atoms with E-state index >= 15 is 0 Å². The molecule has 0 saturated heterocycles. The second kappa shape index (κ2) is 10.2. The van der Waals surface area contributed by atoms with Crippen LogP contribution in [-0.2, 0) is 4.79 Å². The number of anilines is 1. The molecule has 0 bridgehead atoms. The number of amides is 1. The van der Waals surface area contributed by atoms with Crippen molar-refractivity contribution in [2.24, 2.45) is 11.1 Å². The third-order valence-electron chi connectivity index (χ3n) is 3.96. The van der Waals surface area contributed by atoms with E-state index in [9.17, 15) is 13.6 Å². The molecule has 3 rings (SSSR count). The van der Waals surface area contributed by atoms with Gasteiger partial charge in [-0.1, -0.05) is 35.3 Å². The fraction of sp³-hybridized carbons (Fsp3) is 0.333. The van der Waals surface area contributed by atoms with Gasteiger partial charge in [0, 0.05) is 30.6 Å². The van der Waals surface area contributed by atoms with Gasteiger partial charge in [0.05, 0.1) is 10.0 Å². The summed E-state index contributed by atoms with van der Waals surface area (Å²) < 4.78 is 26.5. The van der Waals surface area contributed by atoms with Crippen LogP contribution < -0.4 is 10.5 Å². The van der Waals surface area contributed by atoms with E-state index < -0.39 is 11.8 Å². The maximum atomic E-state index is 13.3. The molecule has 1 aliphatic rings. The molecule has 9 heteroatoms. The van der Waals surface area contributed by atoms with Gasteiger partial charge in [0.1, 0.15) is 5.03 Å². The van der Waals surface area contributed by atoms with Crippen molar-refractivity contribution in [1.82, 2.24) is 4.98 Å². The molecule has 1 saturated carbocycles. The zero-order chi connectivity index (χ0) is 19.9. The molecule has 4 nitrogen and oxygen atoms in total. The van der Waals surface area contributed by atoms with Crippen LogP contribution in [0.2, 0.25) is 10.0 Å². The van der Waals surface area contributed by atoms with Crippen LogP contribution in [0.3, 0.4) is 0 Å². The second-order valence-electron chi connectivity index (χ2n) is 6.05. The summed E-state index contributed by atoms with van der Waals surface area (Å²) in [6.07, 6.45) is 1.90. The quantitative estimate of drug-likeness (QED) is 0.599. The number of hydrogen-bond donors (Lipinski definition) is 2. The number of carbonyl (C=O) groups is 1. The predicted molar refractivity (Wildman–Crippen MR) is 106 cm³/mol. The van der Waals surface area contributed by atoms with Gasteiger partial charge < -0.3 is 5.32 Å². The van der Waals surface area contributed by atoms with Crippen molar-refractivity contribution in [3.8, 4) is 0 Å². The summed E-state index contributed by atoms with van der Waals surface area (Å²) in [7, 11) is 0. The van der Waals surface area contributed by atoms with E-state index in [1.165, 1.54) is 6.20 Å². The van der Waals surface area contributed by atoms with Crippen molar-refractivity contribution in [2.45, 2.75) is 36.6 Å². The normalized spacial score (nSPS) is 18.2. The lowest BCUT2D eigenvalue weighted by Gasteiger charge is -2.27. The maximum Gasteiger partial charge on any atom is 0.248 e. The summed E-state index contributed by atoms with van der Waals surface area (Å²) in [5, 5.41) is 9.79. The molecule has 0 aliphatic heterocycles. The number of nitrogens with two attached hydrogens (primary N) is 1. The van der Waals surface area contributed by atoms with E-state index in [1.54, 1.807) is 24.3 Å². The SMILES string of the molecule is Clc1ccccc1Cl.NSc1cc(NC(=O)[C@H]2CCCC(F)(F)C2)ccn1. The van der Waals surface area contributed by atoms with Gasteiger partial charge in [-0.15, -0.1) is 0 Å². The molecule has 1 heterocycles. The number of nitrogens with one attached hydrogen (secondary N) is 1. The highest BCUT2D eigenvalue weighted by molar-refractivity contribution is 7.97. The zero-order valence-corrected chi connectivity index (χ0v) is 16.6. The Bertz CT molecular complexity index is 759. The molecule has 1 aliphatic carbocycles. The van der Waals surface area contributed by atoms with Crippen LogP contribution in [0.4, 0.5) is 14.5 Å². The van der Waals surface area contributed by atoms with Gasteiger partial charge in [0.25, 0.3) is 0 Å². The number of pyridine rings is 1. The Balaban J connectivity index is 0.000000273. The number of aromatic nitrogens is 1. The van der Waals surface area contributed by atoms with Crippen LogP contribution in [-0.4, -0.2) is 16.8 Å². The minimum Gasteiger partial charge on any atom is -0.326 e. The Morgan fingerprint density at radius 1 is 1.26 bits per heavy atom. The fourth-order valence-electron chi connectivity index (χ4n) is 2.63. The molecular weight excluding hydrogens is 415 g/mol. The minimum atomic E-state index is -2.73. The largest absolute Gasteiger partial charge is 0.326 e. The lowest BCUT2D eigenvalue weighted by molar-refractivity contribution is -0.127. The van der Waals surface area contributed by atoms with Crippen LogP contribution in [0.1, 0.15) is 25.7 Å². The van der Waals surface area contributed by atoms with E-state index in [-0.39, 0.29) is 18.7 Å². The summed E-state index contributed by atoms with van der Waals surface area (Å²) in [6, 6.07) is 10.4. The van der Waals surface area contributed by atoms with Gasteiger partial charge in [0.2, 0.25) is 11.8 Å². The highest BCUT2D eigenvalue weighted by atomic mass is 35.5. The first-order valence-corrected chi connectivity index (χ1v) is 9.86. The molecule has 1 aromatic carbocycles. The third kappa shape index (κ3) is 7.25. The smallest absolute Gasteiger partial charge is 0.248 e. The van der Waals surface area contributed by atoms with Crippen molar-refractivity contribution in [3.63, 3.8) is 0 Å². The zero-order valence-electron chi connectivity index (χ0n) is 14.3. The Morgan fingerprint density at radius 2 is 1.93 bits per heavy atom. The van der Waals surface area contributed by atoms with Crippen molar-refractivity contribution >= 4 is 46.7 Å². The molecule has 1 fully saturated rings. The summed E-state index contributed by atoms with van der Waals surface area (Å²) in [6.45, 7) is 0. The predicted octanol–water partition coefficient (Wildman–Crippen LogP) is 5.80. The van der Waals surface area contributed by atoms with Crippen molar-refractivity contribution in [2.75, 3.05) is 5.32 Å². The first-order valence-electron chi connectivity index (χ1n) is 8.22. The van der Waals surface area contributed by atoms with Crippen LogP contribution in [0.15, 0.2) is 47.6 Å². The standard InChI is InChI=1S/C12H15F2N3OS.C6H4Cl2/c13-12(14)4-1-2-8(7-12)11(18)17-9-3-5-16-10(6-9)19-15;7-5-3-1-2-4-6(5)8/h3,5-6,8H,1-2,4,7,15H2,(H,16,17,18);1-4H/t8-;/m0./s1. The molecule has 3 N–H and O–H groups in total. The molecule has 1 atom stereocenters. The molecule has 27 heavy (non-hydrogen) atoms. The highest BCUT2D eigenvalue weighted by Crippen LogP contribution is 2.37. The summed E-state index contributed by atoms with van der Waals surface area (Å²) in [4.78, 5) is 15.9. The van der Waals surface area contributed by atoms with Crippen LogP contribution in [0, 0.1) is 5.92 Å². The average molecular weight is 434 g/mol. The van der Waals surface area contributed by atoms with Crippen molar-refractivity contribution in [1.29, 1.82) is 0 Å². The Morgan fingerprint density at radius 3 is 2.48 bits per heavy atom. The van der Waals surface area contributed by atoms with Gasteiger partial charge in [-0.3, -0.25) is 9.93 Å². The first-order chi connectivity index (χ1) is 12.8. The lowest BCUT2D eigenvalue weighted by atomic mass is 9.86. The fourth-order valence-corrected chi connectivity index (χ4v) is 3.22. The number of halogens is 4. The van der Waals surface area contributed by atoms with E-state index in [0.29, 0.717) is 33.6 Å². The maximum absolute atomic E-state index is 13.3. The molecule has 0 spiro atoms. The van der Waals surface area contributed by atoms with E-state index in [1.807, 2.05) is 12.1 Å². The molecule has 2 aromatic rings. The van der Waals surface area contributed by atoms with Gasteiger partial charge >= 0.3 is 0 Å². The minimum absolute atomic E-state index is 0.125. The Labute approximate surface area is 171 Å². The first kappa shape index (κ1) is 21.9. The topological polar surface area (TPSA) is 68.0 Å². The van der Waals surface area contributed by atoms with E-state index in [0.717, 1.165) is 11.9 Å². The summed E-state index contributed by atoms with van der Waals surface area (Å²) in [5.74, 6) is -3.72. The molecule has 0 unspecified atom stereocenters. The Hall–Kier alpha value is -1.41. The number of benzene rings is 1. The molecule has 1 amide bonds. The molecule has 0 radical (unpaired) electrons. The highest BCUT2D eigenvalue weighted by Gasteiger charge is 2.39. The van der Waals surface area contributed by atoms with Crippen LogP contribution in [0.5, 0.6) is 0 Å². The van der Waals surface area contributed by atoms with E-state index in [4.69, 9.17) is 28.3 Å².